The number of benzene rings is 2. The van der Waals surface area contributed by atoms with E-state index < -0.39 is 6.10 Å². The summed E-state index contributed by atoms with van der Waals surface area (Å²) in [6, 6.07) is 13.6. The van der Waals surface area contributed by atoms with Gasteiger partial charge in [0.15, 0.2) is 6.29 Å². The van der Waals surface area contributed by atoms with Crippen LogP contribution in [-0.4, -0.2) is 22.1 Å². The van der Waals surface area contributed by atoms with Gasteiger partial charge in [-0.15, -0.1) is 0 Å². The number of hydrogen-bond acceptors (Lipinski definition) is 5. The summed E-state index contributed by atoms with van der Waals surface area (Å²) in [5.41, 5.74) is 2.65. The van der Waals surface area contributed by atoms with Crippen LogP contribution >= 0.6 is 27.7 Å². The number of aldehydes is 1. The first-order valence-electron chi connectivity index (χ1n) is 7.19. The first kappa shape index (κ1) is 16.4. The van der Waals surface area contributed by atoms with E-state index in [2.05, 4.69) is 21.2 Å². The van der Waals surface area contributed by atoms with Crippen LogP contribution in [-0.2, 0) is 11.4 Å². The third-order valence-electron chi connectivity index (χ3n) is 3.55. The van der Waals surface area contributed by atoms with Crippen molar-refractivity contribution in [2.45, 2.75) is 23.0 Å². The summed E-state index contributed by atoms with van der Waals surface area (Å²) < 4.78 is 5.91. The van der Waals surface area contributed by atoms with Crippen molar-refractivity contribution in [3.8, 4) is 5.75 Å². The van der Waals surface area contributed by atoms with E-state index in [1.165, 1.54) is 11.8 Å². The van der Waals surface area contributed by atoms with Crippen LogP contribution < -0.4 is 10.1 Å². The zero-order valence-electron chi connectivity index (χ0n) is 12.2. The Morgan fingerprint density at radius 3 is 2.78 bits per heavy atom. The number of thioether (sulfide) groups is 1. The molecule has 1 heterocycles. The maximum atomic E-state index is 11.1. The van der Waals surface area contributed by atoms with Crippen LogP contribution in [0.2, 0.25) is 0 Å². The Morgan fingerprint density at radius 1 is 1.30 bits per heavy atom. The van der Waals surface area contributed by atoms with Gasteiger partial charge >= 0.3 is 0 Å². The van der Waals surface area contributed by atoms with Crippen LogP contribution in [0.4, 0.5) is 5.69 Å². The molecule has 1 aliphatic rings. The molecule has 23 heavy (non-hydrogen) atoms. The third kappa shape index (κ3) is 3.54. The second-order valence-corrected chi connectivity index (χ2v) is 6.92. The number of halogens is 1. The molecule has 0 fully saturated rings. The van der Waals surface area contributed by atoms with E-state index in [9.17, 15) is 9.90 Å². The van der Waals surface area contributed by atoms with E-state index in [0.29, 0.717) is 17.7 Å². The number of aliphatic hydroxyl groups is 1. The predicted octanol–water partition coefficient (Wildman–Crippen LogP) is 3.74. The summed E-state index contributed by atoms with van der Waals surface area (Å²) in [7, 11) is 0. The number of ether oxygens (including phenoxy) is 1. The molecule has 0 saturated heterocycles. The van der Waals surface area contributed by atoms with Crippen LogP contribution in [0.15, 0.2) is 47.4 Å². The SMILES string of the molecule is O=CC1Nc2c(OCc3ccccc3)ccc([C@@H](O)CBr)c2S1. The van der Waals surface area contributed by atoms with Crippen molar-refractivity contribution in [1.82, 2.24) is 0 Å². The maximum Gasteiger partial charge on any atom is 0.152 e. The number of nitrogens with one attached hydrogen (secondary N) is 1. The summed E-state index contributed by atoms with van der Waals surface area (Å²) in [6.45, 7) is 0.450. The van der Waals surface area contributed by atoms with Crippen molar-refractivity contribution in [1.29, 1.82) is 0 Å². The molecule has 0 amide bonds. The molecule has 2 atom stereocenters. The average molecular weight is 394 g/mol. The van der Waals surface area contributed by atoms with Gasteiger partial charge in [0, 0.05) is 10.2 Å². The van der Waals surface area contributed by atoms with E-state index in [1.54, 1.807) is 0 Å². The highest BCUT2D eigenvalue weighted by atomic mass is 79.9. The van der Waals surface area contributed by atoms with Gasteiger partial charge in [-0.25, -0.2) is 0 Å². The summed E-state index contributed by atoms with van der Waals surface area (Å²) in [5.74, 6) is 0.686. The van der Waals surface area contributed by atoms with Gasteiger partial charge in [-0.3, -0.25) is 0 Å². The van der Waals surface area contributed by atoms with Gasteiger partial charge in [-0.05, 0) is 17.2 Å². The first-order valence-corrected chi connectivity index (χ1v) is 9.19. The number of rotatable bonds is 6. The molecule has 2 aromatic carbocycles. The fourth-order valence-electron chi connectivity index (χ4n) is 2.41. The maximum absolute atomic E-state index is 11.1. The molecule has 2 aromatic rings. The lowest BCUT2D eigenvalue weighted by atomic mass is 10.1. The van der Waals surface area contributed by atoms with E-state index in [4.69, 9.17) is 4.74 Å². The normalized spacial score (nSPS) is 17.2. The predicted molar refractivity (Wildman–Crippen MR) is 95.3 cm³/mol. The molecule has 0 spiro atoms. The Balaban J connectivity index is 1.87. The molecule has 0 radical (unpaired) electrons. The lowest BCUT2D eigenvalue weighted by molar-refractivity contribution is -0.107. The Kier molecular flexibility index (Phi) is 5.25. The van der Waals surface area contributed by atoms with Crippen LogP contribution in [0, 0.1) is 0 Å². The van der Waals surface area contributed by atoms with Crippen LogP contribution in [0.5, 0.6) is 5.75 Å². The van der Waals surface area contributed by atoms with Crippen LogP contribution in [0.1, 0.15) is 17.2 Å². The average Bonchev–Trinajstić information content (AvgIpc) is 3.04. The number of carbonyl (C=O) groups is 1. The lowest BCUT2D eigenvalue weighted by Crippen LogP contribution is -2.11. The third-order valence-corrected chi connectivity index (χ3v) is 5.32. The number of aliphatic hydroxyl groups excluding tert-OH is 1. The minimum absolute atomic E-state index is 0.354. The van der Waals surface area contributed by atoms with Crippen LogP contribution in [0.25, 0.3) is 0 Å². The van der Waals surface area contributed by atoms with Gasteiger partial charge in [-0.1, -0.05) is 64.1 Å². The molecule has 3 rings (SSSR count). The molecule has 0 saturated carbocycles. The molecular formula is C17H16BrNO3S. The largest absolute Gasteiger partial charge is 0.487 e. The topological polar surface area (TPSA) is 58.6 Å². The number of alkyl halides is 1. The van der Waals surface area contributed by atoms with Gasteiger partial charge < -0.3 is 20.0 Å². The summed E-state index contributed by atoms with van der Waals surface area (Å²) >= 11 is 4.69. The van der Waals surface area contributed by atoms with Crippen molar-refractivity contribution in [3.63, 3.8) is 0 Å². The van der Waals surface area contributed by atoms with Gasteiger partial charge in [0.1, 0.15) is 17.7 Å². The molecular weight excluding hydrogens is 378 g/mol. The summed E-state index contributed by atoms with van der Waals surface area (Å²) in [6.07, 6.45) is 0.238. The van der Waals surface area contributed by atoms with E-state index in [1.807, 2.05) is 42.5 Å². The molecule has 2 N–H and O–H groups in total. The van der Waals surface area contributed by atoms with E-state index in [0.717, 1.165) is 28.0 Å². The van der Waals surface area contributed by atoms with Gasteiger partial charge in [0.2, 0.25) is 0 Å². The monoisotopic (exact) mass is 393 g/mol. The molecule has 1 unspecified atom stereocenters. The van der Waals surface area contributed by atoms with Crippen molar-refractivity contribution in [2.24, 2.45) is 0 Å². The van der Waals surface area contributed by atoms with E-state index in [-0.39, 0.29) is 5.37 Å². The summed E-state index contributed by atoms with van der Waals surface area (Å²) in [4.78, 5) is 12.0. The zero-order valence-corrected chi connectivity index (χ0v) is 14.6. The minimum Gasteiger partial charge on any atom is -0.487 e. The summed E-state index contributed by atoms with van der Waals surface area (Å²) in [5, 5.41) is 13.4. The minimum atomic E-state index is -0.619. The van der Waals surface area contributed by atoms with Crippen molar-refractivity contribution >= 4 is 39.7 Å². The second-order valence-electron chi connectivity index (χ2n) is 5.12. The molecule has 4 nitrogen and oxygen atoms in total. The molecule has 1 aliphatic heterocycles. The van der Waals surface area contributed by atoms with Crippen molar-refractivity contribution < 1.29 is 14.6 Å². The highest BCUT2D eigenvalue weighted by molar-refractivity contribution is 9.09. The lowest BCUT2D eigenvalue weighted by Gasteiger charge is -2.15. The Labute approximate surface area is 147 Å². The Hall–Kier alpha value is -1.50. The molecule has 0 aromatic heterocycles. The highest BCUT2D eigenvalue weighted by Gasteiger charge is 2.29. The number of carbonyl (C=O) groups excluding carboxylic acids is 1. The fourth-order valence-corrected chi connectivity index (χ4v) is 3.86. The molecule has 0 aliphatic carbocycles. The van der Waals surface area contributed by atoms with Gasteiger partial charge in [-0.2, -0.15) is 0 Å². The zero-order chi connectivity index (χ0) is 16.2. The number of fused-ring (bicyclic) bond motifs is 1. The van der Waals surface area contributed by atoms with Crippen LogP contribution in [0.3, 0.4) is 0 Å². The standard InChI is InChI=1S/C17H16BrNO3S/c18-8-13(21)12-6-7-14(16-17(12)23-15(9-20)19-16)22-10-11-4-2-1-3-5-11/h1-7,9,13,15,19,21H,8,10H2/t13-,15?/m0/s1. The second kappa shape index (κ2) is 7.38. The smallest absolute Gasteiger partial charge is 0.152 e. The Morgan fingerprint density at radius 2 is 2.09 bits per heavy atom. The molecule has 120 valence electrons. The first-order chi connectivity index (χ1) is 11.2. The van der Waals surface area contributed by atoms with E-state index >= 15 is 0 Å². The number of anilines is 1. The molecule has 0 bridgehead atoms. The Bertz CT molecular complexity index is 696. The molecule has 6 heteroatoms. The van der Waals surface area contributed by atoms with Gasteiger partial charge in [0.25, 0.3) is 0 Å². The van der Waals surface area contributed by atoms with Crippen molar-refractivity contribution in [2.75, 3.05) is 10.6 Å². The van der Waals surface area contributed by atoms with Gasteiger partial charge in [0.05, 0.1) is 11.8 Å². The highest BCUT2D eigenvalue weighted by Crippen LogP contribution is 2.47. The number of hydrogen-bond donors (Lipinski definition) is 2. The van der Waals surface area contributed by atoms with Crippen molar-refractivity contribution in [3.05, 3.63) is 53.6 Å². The fraction of sp³-hybridized carbons (Fsp3) is 0.235. The quantitative estimate of drug-likeness (QED) is 0.578.